The Bertz CT molecular complexity index is 646. The average molecular weight is 315 g/mol. The molecule has 1 aromatic carbocycles. The summed E-state index contributed by atoms with van der Waals surface area (Å²) in [6.45, 7) is 6.00. The molecule has 0 radical (unpaired) electrons. The summed E-state index contributed by atoms with van der Waals surface area (Å²) in [7, 11) is 1.59. The molecule has 1 amide bonds. The number of ether oxygens (including phenoxy) is 2. The summed E-state index contributed by atoms with van der Waals surface area (Å²) in [6, 6.07) is 7.03. The monoisotopic (exact) mass is 315 g/mol. The van der Waals surface area contributed by atoms with Gasteiger partial charge in [0.05, 0.1) is 25.2 Å². The van der Waals surface area contributed by atoms with Gasteiger partial charge in [-0.3, -0.25) is 4.79 Å². The van der Waals surface area contributed by atoms with E-state index in [1.165, 1.54) is 0 Å². The predicted molar refractivity (Wildman–Crippen MR) is 87.9 cm³/mol. The van der Waals surface area contributed by atoms with Gasteiger partial charge < -0.3 is 14.8 Å². The van der Waals surface area contributed by atoms with Crippen LogP contribution in [0.1, 0.15) is 26.6 Å². The summed E-state index contributed by atoms with van der Waals surface area (Å²) < 4.78 is 10.5. The van der Waals surface area contributed by atoms with Gasteiger partial charge >= 0.3 is 0 Å². The van der Waals surface area contributed by atoms with Gasteiger partial charge in [-0.05, 0) is 24.3 Å². The zero-order valence-electron chi connectivity index (χ0n) is 13.8. The van der Waals surface area contributed by atoms with E-state index in [1.807, 2.05) is 20.8 Å². The Morgan fingerprint density at radius 1 is 1.09 bits per heavy atom. The van der Waals surface area contributed by atoms with E-state index < -0.39 is 0 Å². The molecule has 0 bridgehead atoms. The number of aromatic nitrogens is 2. The number of benzene rings is 1. The van der Waals surface area contributed by atoms with E-state index in [-0.39, 0.29) is 17.9 Å². The maximum atomic E-state index is 11.9. The molecule has 0 unspecified atom stereocenters. The van der Waals surface area contributed by atoms with E-state index in [2.05, 4.69) is 15.3 Å². The minimum absolute atomic E-state index is 0.0899. The van der Waals surface area contributed by atoms with Gasteiger partial charge in [0.2, 0.25) is 0 Å². The molecule has 6 nitrogen and oxygen atoms in total. The second kappa shape index (κ2) is 7.09. The highest BCUT2D eigenvalue weighted by atomic mass is 16.5. The Labute approximate surface area is 135 Å². The van der Waals surface area contributed by atoms with Crippen molar-refractivity contribution in [3.63, 3.8) is 0 Å². The van der Waals surface area contributed by atoms with Gasteiger partial charge in [0.25, 0.3) is 5.91 Å². The largest absolute Gasteiger partial charge is 0.497 e. The lowest BCUT2D eigenvalue weighted by Gasteiger charge is -2.16. The molecule has 2 aromatic rings. The molecular weight excluding hydrogens is 294 g/mol. The van der Waals surface area contributed by atoms with Crippen LogP contribution in [0.3, 0.4) is 0 Å². The van der Waals surface area contributed by atoms with Crippen molar-refractivity contribution in [1.82, 2.24) is 9.97 Å². The maximum Gasteiger partial charge on any atom is 0.262 e. The molecule has 0 aliphatic heterocycles. The Morgan fingerprint density at radius 3 is 2.17 bits per heavy atom. The van der Waals surface area contributed by atoms with E-state index >= 15 is 0 Å². The number of anilines is 1. The number of carbonyl (C=O) groups is 1. The molecule has 0 aliphatic carbocycles. The van der Waals surface area contributed by atoms with Crippen LogP contribution in [0.2, 0.25) is 0 Å². The number of carbonyl (C=O) groups excluding carboxylic acids is 1. The van der Waals surface area contributed by atoms with Crippen molar-refractivity contribution in [1.29, 1.82) is 0 Å². The molecular formula is C17H21N3O3. The molecule has 0 spiro atoms. The predicted octanol–water partition coefficient (Wildman–Crippen LogP) is 2.80. The number of hydrogen-bond acceptors (Lipinski definition) is 5. The van der Waals surface area contributed by atoms with E-state index in [0.717, 1.165) is 11.6 Å². The first-order valence-electron chi connectivity index (χ1n) is 7.28. The standard InChI is InChI=1S/C17H21N3O3/c1-17(2,3)16-18-9-12(10-19-16)20-15(21)11-23-14-7-5-13(22-4)6-8-14/h5-10H,11H2,1-4H3,(H,20,21). The summed E-state index contributed by atoms with van der Waals surface area (Å²) >= 11 is 0. The summed E-state index contributed by atoms with van der Waals surface area (Å²) in [4.78, 5) is 20.4. The summed E-state index contributed by atoms with van der Waals surface area (Å²) in [5.74, 6) is 1.79. The second-order valence-electron chi connectivity index (χ2n) is 6.06. The summed E-state index contributed by atoms with van der Waals surface area (Å²) in [6.07, 6.45) is 3.19. The molecule has 23 heavy (non-hydrogen) atoms. The van der Waals surface area contributed by atoms with Crippen LogP contribution in [0.15, 0.2) is 36.7 Å². The normalized spacial score (nSPS) is 11.0. The minimum atomic E-state index is -0.270. The van der Waals surface area contributed by atoms with E-state index in [1.54, 1.807) is 43.8 Å². The third-order valence-corrected chi connectivity index (χ3v) is 3.04. The molecule has 1 aromatic heterocycles. The Balaban J connectivity index is 1.86. The highest BCUT2D eigenvalue weighted by Gasteiger charge is 2.16. The average Bonchev–Trinajstić information content (AvgIpc) is 2.53. The van der Waals surface area contributed by atoms with E-state index in [4.69, 9.17) is 9.47 Å². The van der Waals surface area contributed by atoms with Gasteiger partial charge in [-0.2, -0.15) is 0 Å². The fraction of sp³-hybridized carbons (Fsp3) is 0.353. The van der Waals surface area contributed by atoms with Crippen molar-refractivity contribution in [3.8, 4) is 11.5 Å². The van der Waals surface area contributed by atoms with Crippen LogP contribution in [0.4, 0.5) is 5.69 Å². The first kappa shape index (κ1) is 16.7. The zero-order chi connectivity index (χ0) is 16.9. The summed E-state index contributed by atoms with van der Waals surface area (Å²) in [5, 5.41) is 2.70. The highest BCUT2D eigenvalue weighted by Crippen LogP contribution is 2.18. The topological polar surface area (TPSA) is 73.3 Å². The number of amides is 1. The number of nitrogens with one attached hydrogen (secondary N) is 1. The van der Waals surface area contributed by atoms with Gasteiger partial charge in [0.15, 0.2) is 6.61 Å². The Kier molecular flexibility index (Phi) is 5.16. The van der Waals surface area contributed by atoms with Crippen LogP contribution < -0.4 is 14.8 Å². The lowest BCUT2D eigenvalue weighted by molar-refractivity contribution is -0.118. The fourth-order valence-corrected chi connectivity index (χ4v) is 1.80. The van der Waals surface area contributed by atoms with Crippen LogP contribution in [0.25, 0.3) is 0 Å². The third kappa shape index (κ3) is 4.95. The number of nitrogens with zero attached hydrogens (tertiary/aromatic N) is 2. The minimum Gasteiger partial charge on any atom is -0.497 e. The molecule has 6 heteroatoms. The molecule has 122 valence electrons. The van der Waals surface area contributed by atoms with Crippen LogP contribution >= 0.6 is 0 Å². The number of hydrogen-bond donors (Lipinski definition) is 1. The van der Waals surface area contributed by atoms with Gasteiger partial charge in [-0.1, -0.05) is 20.8 Å². The second-order valence-corrected chi connectivity index (χ2v) is 6.06. The molecule has 1 N–H and O–H groups in total. The van der Waals surface area contributed by atoms with E-state index in [9.17, 15) is 4.79 Å². The van der Waals surface area contributed by atoms with E-state index in [0.29, 0.717) is 11.4 Å². The first-order valence-corrected chi connectivity index (χ1v) is 7.28. The van der Waals surface area contributed by atoms with Crippen molar-refractivity contribution in [2.45, 2.75) is 26.2 Å². The number of methoxy groups -OCH3 is 1. The molecule has 0 saturated heterocycles. The molecule has 0 saturated carbocycles. The maximum absolute atomic E-state index is 11.9. The smallest absolute Gasteiger partial charge is 0.262 e. The van der Waals surface area contributed by atoms with Gasteiger partial charge in [-0.25, -0.2) is 9.97 Å². The molecule has 0 aliphatic rings. The first-order chi connectivity index (χ1) is 10.9. The lowest BCUT2D eigenvalue weighted by Crippen LogP contribution is -2.21. The van der Waals surface area contributed by atoms with Crippen molar-refractivity contribution in [2.75, 3.05) is 19.0 Å². The Morgan fingerprint density at radius 2 is 1.65 bits per heavy atom. The lowest BCUT2D eigenvalue weighted by atomic mass is 9.96. The molecule has 0 atom stereocenters. The molecule has 2 rings (SSSR count). The molecule has 1 heterocycles. The molecule has 0 fully saturated rings. The fourth-order valence-electron chi connectivity index (χ4n) is 1.80. The van der Waals surface area contributed by atoms with Crippen LogP contribution in [0, 0.1) is 0 Å². The SMILES string of the molecule is COc1ccc(OCC(=O)Nc2cnc(C(C)(C)C)nc2)cc1. The van der Waals surface area contributed by atoms with Crippen LogP contribution in [-0.2, 0) is 10.2 Å². The van der Waals surface area contributed by atoms with Crippen molar-refractivity contribution < 1.29 is 14.3 Å². The van der Waals surface area contributed by atoms with Crippen molar-refractivity contribution in [3.05, 3.63) is 42.5 Å². The Hall–Kier alpha value is -2.63. The highest BCUT2D eigenvalue weighted by molar-refractivity contribution is 5.91. The van der Waals surface area contributed by atoms with Crippen LogP contribution in [0.5, 0.6) is 11.5 Å². The number of rotatable bonds is 5. The van der Waals surface area contributed by atoms with Crippen molar-refractivity contribution >= 4 is 11.6 Å². The van der Waals surface area contributed by atoms with Gasteiger partial charge in [0, 0.05) is 5.41 Å². The third-order valence-electron chi connectivity index (χ3n) is 3.04. The van der Waals surface area contributed by atoms with Crippen molar-refractivity contribution in [2.24, 2.45) is 0 Å². The zero-order valence-corrected chi connectivity index (χ0v) is 13.8. The van der Waals surface area contributed by atoms with Gasteiger partial charge in [-0.15, -0.1) is 0 Å². The summed E-state index contributed by atoms with van der Waals surface area (Å²) in [5.41, 5.74) is 0.418. The van der Waals surface area contributed by atoms with Gasteiger partial charge in [0.1, 0.15) is 17.3 Å². The quantitative estimate of drug-likeness (QED) is 0.918. The van der Waals surface area contributed by atoms with Crippen LogP contribution in [-0.4, -0.2) is 29.6 Å².